The molecule has 2 heterocycles. The fourth-order valence-electron chi connectivity index (χ4n) is 1.56. The molecule has 0 bridgehead atoms. The molecule has 1 amide bonds. The summed E-state index contributed by atoms with van der Waals surface area (Å²) >= 11 is 1.66. The van der Waals surface area contributed by atoms with E-state index < -0.39 is 0 Å². The molecule has 0 fully saturated rings. The van der Waals surface area contributed by atoms with Crippen molar-refractivity contribution in [3.8, 4) is 10.7 Å². The van der Waals surface area contributed by atoms with Gasteiger partial charge in [-0.05, 0) is 11.4 Å². The SMILES string of the molecule is CN(C)C(=O)CCn1ccnc1-c1cccs1. The number of imidazole rings is 1. The molecule has 0 aliphatic heterocycles. The third kappa shape index (κ3) is 2.74. The number of carbonyl (C=O) groups excluding carboxylic acids is 1. The Hall–Kier alpha value is -1.62. The third-order valence-corrected chi connectivity index (χ3v) is 3.39. The van der Waals surface area contributed by atoms with Gasteiger partial charge < -0.3 is 9.47 Å². The summed E-state index contributed by atoms with van der Waals surface area (Å²) in [4.78, 5) is 18.6. The van der Waals surface area contributed by atoms with Crippen LogP contribution in [0.25, 0.3) is 10.7 Å². The van der Waals surface area contributed by atoms with E-state index in [9.17, 15) is 4.79 Å². The number of thiophene rings is 1. The van der Waals surface area contributed by atoms with Gasteiger partial charge in [0.15, 0.2) is 0 Å². The first-order chi connectivity index (χ1) is 8.18. The van der Waals surface area contributed by atoms with E-state index in [-0.39, 0.29) is 5.91 Å². The van der Waals surface area contributed by atoms with Crippen molar-refractivity contribution in [2.45, 2.75) is 13.0 Å². The zero-order valence-electron chi connectivity index (χ0n) is 9.96. The van der Waals surface area contributed by atoms with Crippen LogP contribution in [0.15, 0.2) is 29.9 Å². The smallest absolute Gasteiger partial charge is 0.223 e. The molecule has 2 aromatic rings. The Kier molecular flexibility index (Phi) is 3.58. The fraction of sp³-hybridized carbons (Fsp3) is 0.333. The number of nitrogens with zero attached hydrogens (tertiary/aromatic N) is 3. The Morgan fingerprint density at radius 3 is 3.00 bits per heavy atom. The van der Waals surface area contributed by atoms with Crippen molar-refractivity contribution in [1.82, 2.24) is 14.5 Å². The van der Waals surface area contributed by atoms with Crippen molar-refractivity contribution in [2.75, 3.05) is 14.1 Å². The van der Waals surface area contributed by atoms with Crippen molar-refractivity contribution in [3.05, 3.63) is 29.9 Å². The van der Waals surface area contributed by atoms with Crippen LogP contribution in [0.1, 0.15) is 6.42 Å². The van der Waals surface area contributed by atoms with Gasteiger partial charge in [-0.25, -0.2) is 4.98 Å². The van der Waals surface area contributed by atoms with E-state index in [1.807, 2.05) is 28.3 Å². The second-order valence-corrected chi connectivity index (χ2v) is 4.91. The van der Waals surface area contributed by atoms with Gasteiger partial charge in [0.25, 0.3) is 0 Å². The first kappa shape index (κ1) is 11.9. The molecule has 0 N–H and O–H groups in total. The highest BCUT2D eigenvalue weighted by atomic mass is 32.1. The summed E-state index contributed by atoms with van der Waals surface area (Å²) in [5.41, 5.74) is 0. The average molecular weight is 249 g/mol. The lowest BCUT2D eigenvalue weighted by Gasteiger charge is -2.11. The van der Waals surface area contributed by atoms with Gasteiger partial charge in [0.2, 0.25) is 5.91 Å². The van der Waals surface area contributed by atoms with Crippen molar-refractivity contribution in [2.24, 2.45) is 0 Å². The molecule has 0 atom stereocenters. The van der Waals surface area contributed by atoms with E-state index in [2.05, 4.69) is 4.98 Å². The largest absolute Gasteiger partial charge is 0.349 e. The summed E-state index contributed by atoms with van der Waals surface area (Å²) in [6, 6.07) is 4.04. The molecule has 2 rings (SSSR count). The molecule has 5 heteroatoms. The monoisotopic (exact) mass is 249 g/mol. The van der Waals surface area contributed by atoms with Crippen molar-refractivity contribution in [1.29, 1.82) is 0 Å². The molecule has 90 valence electrons. The van der Waals surface area contributed by atoms with Crippen molar-refractivity contribution in [3.63, 3.8) is 0 Å². The summed E-state index contributed by atoms with van der Waals surface area (Å²) in [7, 11) is 3.55. The van der Waals surface area contributed by atoms with Crippen LogP contribution in [0, 0.1) is 0 Å². The minimum atomic E-state index is 0.135. The molecule has 0 radical (unpaired) electrons. The van der Waals surface area contributed by atoms with Crippen LogP contribution in [0.2, 0.25) is 0 Å². The number of aryl methyl sites for hydroxylation is 1. The predicted molar refractivity (Wildman–Crippen MR) is 68.9 cm³/mol. The van der Waals surface area contributed by atoms with Crippen LogP contribution in [0.5, 0.6) is 0 Å². The number of hydrogen-bond donors (Lipinski definition) is 0. The van der Waals surface area contributed by atoms with Gasteiger partial charge in [-0.3, -0.25) is 4.79 Å². The maximum atomic E-state index is 11.5. The van der Waals surface area contributed by atoms with Gasteiger partial charge in [-0.15, -0.1) is 11.3 Å². The van der Waals surface area contributed by atoms with E-state index in [4.69, 9.17) is 0 Å². The van der Waals surface area contributed by atoms with Crippen LogP contribution in [-0.4, -0.2) is 34.5 Å². The predicted octanol–water partition coefficient (Wildman–Crippen LogP) is 2.09. The quantitative estimate of drug-likeness (QED) is 0.832. The Morgan fingerprint density at radius 1 is 1.53 bits per heavy atom. The maximum Gasteiger partial charge on any atom is 0.223 e. The summed E-state index contributed by atoms with van der Waals surface area (Å²) in [5, 5.41) is 2.03. The molecular formula is C12H15N3OS. The van der Waals surface area contributed by atoms with E-state index >= 15 is 0 Å². The molecule has 0 saturated heterocycles. The molecule has 0 aliphatic carbocycles. The van der Waals surface area contributed by atoms with Crippen LogP contribution < -0.4 is 0 Å². The molecule has 0 aromatic carbocycles. The average Bonchev–Trinajstić information content (AvgIpc) is 2.95. The van der Waals surface area contributed by atoms with Crippen LogP contribution in [0.4, 0.5) is 0 Å². The number of hydrogen-bond acceptors (Lipinski definition) is 3. The second kappa shape index (κ2) is 5.14. The van der Waals surface area contributed by atoms with Crippen molar-refractivity contribution < 1.29 is 4.79 Å². The van der Waals surface area contributed by atoms with E-state index in [1.165, 1.54) is 0 Å². The van der Waals surface area contributed by atoms with E-state index in [0.717, 1.165) is 10.7 Å². The standard InChI is InChI=1S/C12H15N3OS/c1-14(2)11(16)5-7-15-8-6-13-12(15)10-4-3-9-17-10/h3-4,6,8-9H,5,7H2,1-2H3. The minimum absolute atomic E-state index is 0.135. The molecular weight excluding hydrogens is 234 g/mol. The lowest BCUT2D eigenvalue weighted by molar-refractivity contribution is -0.128. The molecule has 4 nitrogen and oxygen atoms in total. The van der Waals surface area contributed by atoms with E-state index in [1.54, 1.807) is 36.5 Å². The van der Waals surface area contributed by atoms with Gasteiger partial charge in [0.05, 0.1) is 4.88 Å². The topological polar surface area (TPSA) is 38.1 Å². The molecule has 0 aliphatic rings. The van der Waals surface area contributed by atoms with Gasteiger partial charge >= 0.3 is 0 Å². The molecule has 0 unspecified atom stereocenters. The molecule has 0 spiro atoms. The normalized spacial score (nSPS) is 10.5. The number of amides is 1. The molecule has 0 saturated carbocycles. The Balaban J connectivity index is 2.08. The van der Waals surface area contributed by atoms with Crippen LogP contribution in [-0.2, 0) is 11.3 Å². The lowest BCUT2D eigenvalue weighted by Crippen LogP contribution is -2.22. The maximum absolute atomic E-state index is 11.5. The van der Waals surface area contributed by atoms with E-state index in [0.29, 0.717) is 13.0 Å². The molecule has 17 heavy (non-hydrogen) atoms. The second-order valence-electron chi connectivity index (χ2n) is 3.96. The number of rotatable bonds is 4. The summed E-state index contributed by atoms with van der Waals surface area (Å²) in [5.74, 6) is 1.07. The Labute approximate surface area is 105 Å². The first-order valence-corrected chi connectivity index (χ1v) is 6.31. The van der Waals surface area contributed by atoms with Gasteiger partial charge in [-0.2, -0.15) is 0 Å². The highest BCUT2D eigenvalue weighted by molar-refractivity contribution is 7.13. The zero-order valence-corrected chi connectivity index (χ0v) is 10.8. The molecule has 2 aromatic heterocycles. The summed E-state index contributed by atoms with van der Waals surface area (Å²) < 4.78 is 2.02. The Bertz CT molecular complexity index is 488. The van der Waals surface area contributed by atoms with Gasteiger partial charge in [-0.1, -0.05) is 6.07 Å². The fourth-order valence-corrected chi connectivity index (χ4v) is 2.30. The van der Waals surface area contributed by atoms with Crippen LogP contribution >= 0.6 is 11.3 Å². The van der Waals surface area contributed by atoms with Gasteiger partial charge in [0.1, 0.15) is 5.82 Å². The van der Waals surface area contributed by atoms with Gasteiger partial charge in [0, 0.05) is 39.5 Å². The first-order valence-electron chi connectivity index (χ1n) is 5.43. The Morgan fingerprint density at radius 2 is 2.35 bits per heavy atom. The van der Waals surface area contributed by atoms with Crippen molar-refractivity contribution >= 4 is 17.2 Å². The minimum Gasteiger partial charge on any atom is -0.349 e. The third-order valence-electron chi connectivity index (χ3n) is 2.52. The lowest BCUT2D eigenvalue weighted by atomic mass is 10.3. The summed E-state index contributed by atoms with van der Waals surface area (Å²) in [6.45, 7) is 0.671. The number of aromatic nitrogens is 2. The highest BCUT2D eigenvalue weighted by Gasteiger charge is 2.09. The number of carbonyl (C=O) groups is 1. The van der Waals surface area contributed by atoms with Crippen LogP contribution in [0.3, 0.4) is 0 Å². The zero-order chi connectivity index (χ0) is 12.3. The summed E-state index contributed by atoms with van der Waals surface area (Å²) in [6.07, 6.45) is 4.19. The highest BCUT2D eigenvalue weighted by Crippen LogP contribution is 2.22.